The van der Waals surface area contributed by atoms with Crippen LogP contribution in [-0.4, -0.2) is 40.4 Å². The van der Waals surface area contributed by atoms with Gasteiger partial charge in [0.05, 0.1) is 28.1 Å². The zero-order valence-electron chi connectivity index (χ0n) is 14.2. The van der Waals surface area contributed by atoms with E-state index in [2.05, 4.69) is 26.2 Å². The van der Waals surface area contributed by atoms with Gasteiger partial charge in [0, 0.05) is 34.1 Å². The molecule has 0 saturated carbocycles. The van der Waals surface area contributed by atoms with E-state index in [-0.39, 0.29) is 41.0 Å². The number of nitriles is 1. The van der Waals surface area contributed by atoms with Crippen LogP contribution in [0.4, 0.5) is 17.1 Å². The van der Waals surface area contributed by atoms with E-state index >= 15 is 0 Å². The molecular formula is C18H13BrN4O3Sn. The predicted molar refractivity (Wildman–Crippen MR) is 107 cm³/mol. The molecule has 4 radical (unpaired) electrons. The third kappa shape index (κ3) is 4.48. The summed E-state index contributed by atoms with van der Waals surface area (Å²) in [5.41, 5.74) is 1.45. The zero-order chi connectivity index (χ0) is 18.7. The van der Waals surface area contributed by atoms with Gasteiger partial charge >= 0.3 is 5.69 Å². The van der Waals surface area contributed by atoms with Gasteiger partial charge < -0.3 is 10.1 Å². The van der Waals surface area contributed by atoms with Crippen molar-refractivity contribution in [3.63, 3.8) is 0 Å². The van der Waals surface area contributed by atoms with Gasteiger partial charge in [0.25, 0.3) is 0 Å². The molecule has 0 unspecified atom stereocenters. The minimum Gasteiger partial charge on any atom is -0.487 e. The van der Waals surface area contributed by atoms with Crippen LogP contribution in [0.1, 0.15) is 12.6 Å². The summed E-state index contributed by atoms with van der Waals surface area (Å²) < 4.78 is 6.24. The Bertz CT molecular complexity index is 1050. The standard InChI is InChI=1S/C18H13BrN4O3.Sn/c1-2-26-17-7-6-14-13(18(17)23(24)25)9-15(16(10-20)22-14)21-12-5-3-4-11(19)8-12;/h3-9,21H,2H2,1H3;. The molecule has 0 aliphatic heterocycles. The van der Waals surface area contributed by atoms with E-state index in [9.17, 15) is 15.4 Å². The van der Waals surface area contributed by atoms with Crippen molar-refractivity contribution in [1.29, 1.82) is 5.26 Å². The Hall–Kier alpha value is -2.38. The number of nitrogens with one attached hydrogen (secondary N) is 1. The molecule has 0 aliphatic carbocycles. The number of pyridine rings is 1. The molecule has 134 valence electrons. The molecule has 0 fully saturated rings. The summed E-state index contributed by atoms with van der Waals surface area (Å²) in [6.45, 7) is 2.06. The Labute approximate surface area is 180 Å². The van der Waals surface area contributed by atoms with E-state index in [0.717, 1.165) is 10.2 Å². The van der Waals surface area contributed by atoms with E-state index in [1.54, 1.807) is 19.1 Å². The number of aromatic nitrogens is 1. The summed E-state index contributed by atoms with van der Waals surface area (Å²) in [5, 5.41) is 24.4. The molecule has 1 N–H and O–H groups in total. The Balaban J connectivity index is 0.00000261. The van der Waals surface area contributed by atoms with Crippen molar-refractivity contribution < 1.29 is 9.66 Å². The largest absolute Gasteiger partial charge is 0.487 e. The molecule has 0 amide bonds. The fourth-order valence-electron chi connectivity index (χ4n) is 2.57. The molecule has 0 spiro atoms. The van der Waals surface area contributed by atoms with Crippen LogP contribution in [0.5, 0.6) is 5.75 Å². The molecule has 3 rings (SSSR count). The number of nitro groups is 1. The van der Waals surface area contributed by atoms with Crippen molar-refractivity contribution in [2.24, 2.45) is 0 Å². The smallest absolute Gasteiger partial charge is 0.320 e. The number of benzene rings is 2. The molecule has 0 atom stereocenters. The maximum atomic E-state index is 11.6. The molecule has 1 heterocycles. The van der Waals surface area contributed by atoms with Crippen LogP contribution in [-0.2, 0) is 0 Å². The fourth-order valence-corrected chi connectivity index (χ4v) is 2.97. The van der Waals surface area contributed by atoms with E-state index in [1.165, 1.54) is 6.07 Å². The number of nitrogens with zero attached hydrogens (tertiary/aromatic N) is 3. The molecule has 3 aromatic rings. The Morgan fingerprint density at radius 1 is 1.33 bits per heavy atom. The number of hydrogen-bond acceptors (Lipinski definition) is 6. The number of fused-ring (bicyclic) bond motifs is 1. The van der Waals surface area contributed by atoms with Crippen molar-refractivity contribution in [3.8, 4) is 11.8 Å². The summed E-state index contributed by atoms with van der Waals surface area (Å²) >= 11 is 3.38. The summed E-state index contributed by atoms with van der Waals surface area (Å²) in [5.74, 6) is 0.171. The first-order chi connectivity index (χ1) is 12.5. The molecule has 9 heteroatoms. The molecule has 0 bridgehead atoms. The van der Waals surface area contributed by atoms with Crippen molar-refractivity contribution in [2.45, 2.75) is 6.92 Å². The number of rotatable bonds is 5. The fraction of sp³-hybridized carbons (Fsp3) is 0.111. The molecule has 2 aromatic carbocycles. The maximum Gasteiger partial charge on any atom is 0.320 e. The van der Waals surface area contributed by atoms with E-state index in [1.807, 2.05) is 30.3 Å². The first-order valence-electron chi connectivity index (χ1n) is 7.71. The minimum absolute atomic E-state index is 0. The van der Waals surface area contributed by atoms with Gasteiger partial charge in [-0.25, -0.2) is 4.98 Å². The van der Waals surface area contributed by atoms with Gasteiger partial charge in [0.1, 0.15) is 6.07 Å². The summed E-state index contributed by atoms with van der Waals surface area (Å²) in [7, 11) is 0. The first kappa shape index (κ1) is 20.9. The van der Waals surface area contributed by atoms with Crippen LogP contribution < -0.4 is 10.1 Å². The van der Waals surface area contributed by atoms with Crippen LogP contribution in [0, 0.1) is 21.4 Å². The Kier molecular flexibility index (Phi) is 6.98. The van der Waals surface area contributed by atoms with Gasteiger partial charge in [-0.05, 0) is 43.3 Å². The molecule has 1 aromatic heterocycles. The number of halogens is 1. The average molecular weight is 532 g/mol. The van der Waals surface area contributed by atoms with E-state index < -0.39 is 4.92 Å². The number of ether oxygens (including phenoxy) is 1. The maximum absolute atomic E-state index is 11.6. The third-order valence-corrected chi connectivity index (χ3v) is 4.12. The summed E-state index contributed by atoms with van der Waals surface area (Å²) in [4.78, 5) is 15.4. The van der Waals surface area contributed by atoms with Crippen molar-refractivity contribution >= 4 is 67.8 Å². The minimum atomic E-state index is -0.496. The Morgan fingerprint density at radius 2 is 2.11 bits per heavy atom. The molecule has 0 aliphatic rings. The zero-order valence-corrected chi connectivity index (χ0v) is 18.6. The quantitative estimate of drug-likeness (QED) is 0.295. The van der Waals surface area contributed by atoms with Gasteiger partial charge in [-0.3, -0.25) is 10.1 Å². The number of nitro benzene ring substituents is 1. The number of anilines is 2. The van der Waals surface area contributed by atoms with Crippen molar-refractivity contribution in [3.05, 3.63) is 62.7 Å². The van der Waals surface area contributed by atoms with Gasteiger partial charge in [0.15, 0.2) is 11.4 Å². The second-order valence-corrected chi connectivity index (χ2v) is 6.22. The Morgan fingerprint density at radius 3 is 2.74 bits per heavy atom. The van der Waals surface area contributed by atoms with Crippen LogP contribution in [0.15, 0.2) is 46.9 Å². The van der Waals surface area contributed by atoms with Crippen LogP contribution in [0.25, 0.3) is 10.9 Å². The monoisotopic (exact) mass is 532 g/mol. The number of hydrogen-bond donors (Lipinski definition) is 1. The second kappa shape index (κ2) is 9.01. The average Bonchev–Trinajstić information content (AvgIpc) is 2.61. The first-order valence-corrected chi connectivity index (χ1v) is 8.50. The topological polar surface area (TPSA) is 101 Å². The summed E-state index contributed by atoms with van der Waals surface area (Å²) in [6, 6.07) is 14.0. The summed E-state index contributed by atoms with van der Waals surface area (Å²) in [6.07, 6.45) is 0. The van der Waals surface area contributed by atoms with Crippen LogP contribution in [0.3, 0.4) is 0 Å². The second-order valence-electron chi connectivity index (χ2n) is 5.30. The van der Waals surface area contributed by atoms with Gasteiger partial charge in [-0.2, -0.15) is 5.26 Å². The van der Waals surface area contributed by atoms with Crippen LogP contribution in [0.2, 0.25) is 0 Å². The van der Waals surface area contributed by atoms with Gasteiger partial charge in [-0.1, -0.05) is 22.0 Å². The van der Waals surface area contributed by atoms with Gasteiger partial charge in [-0.15, -0.1) is 0 Å². The molecule has 27 heavy (non-hydrogen) atoms. The van der Waals surface area contributed by atoms with Crippen molar-refractivity contribution in [1.82, 2.24) is 4.98 Å². The van der Waals surface area contributed by atoms with Crippen LogP contribution >= 0.6 is 15.9 Å². The third-order valence-electron chi connectivity index (χ3n) is 3.63. The van der Waals surface area contributed by atoms with Crippen molar-refractivity contribution in [2.75, 3.05) is 11.9 Å². The normalized spacial score (nSPS) is 9.96. The molecule has 0 saturated heterocycles. The van der Waals surface area contributed by atoms with E-state index in [4.69, 9.17) is 4.74 Å². The molecular weight excluding hydrogens is 519 g/mol. The SMILES string of the molecule is CCOc1ccc2nc(C#N)c(Nc3cccc(Br)c3)cc2c1[N+](=O)[O-].[Sn]. The predicted octanol–water partition coefficient (Wildman–Crippen LogP) is 4.54. The van der Waals surface area contributed by atoms with E-state index in [0.29, 0.717) is 23.2 Å². The molecule has 7 nitrogen and oxygen atoms in total. The van der Waals surface area contributed by atoms with Gasteiger partial charge in [0.2, 0.25) is 0 Å².